The van der Waals surface area contributed by atoms with Gasteiger partial charge in [0.25, 0.3) is 0 Å². The zero-order chi connectivity index (χ0) is 11.8. The van der Waals surface area contributed by atoms with Crippen LogP contribution in [-0.4, -0.2) is 49.3 Å². The molecule has 1 aliphatic carbocycles. The second-order valence-corrected chi connectivity index (χ2v) is 5.06. The lowest BCUT2D eigenvalue weighted by Crippen LogP contribution is -2.40. The molecule has 0 unspecified atom stereocenters. The number of aliphatic hydroxyl groups excluding tert-OH is 1. The van der Waals surface area contributed by atoms with Crippen LogP contribution in [-0.2, 0) is 0 Å². The predicted octanol–water partition coefficient (Wildman–Crippen LogP) is 1.61. The Balaban J connectivity index is 2.10. The number of rotatable bonds is 7. The van der Waals surface area contributed by atoms with E-state index in [1.54, 1.807) is 0 Å². The summed E-state index contributed by atoms with van der Waals surface area (Å²) >= 11 is 0. The summed E-state index contributed by atoms with van der Waals surface area (Å²) in [7, 11) is 4.33. The number of hydrogen-bond acceptors (Lipinski definition) is 3. The number of unbranched alkanes of at least 4 members (excludes halogenated alkanes) is 2. The fourth-order valence-electron chi connectivity index (χ4n) is 2.64. The van der Waals surface area contributed by atoms with Gasteiger partial charge in [-0.05, 0) is 65.6 Å². The zero-order valence-electron chi connectivity index (χ0n) is 10.9. The average molecular weight is 228 g/mol. The molecule has 2 N–H and O–H groups in total. The highest BCUT2D eigenvalue weighted by molar-refractivity contribution is 4.80. The van der Waals surface area contributed by atoms with Gasteiger partial charge in [0.15, 0.2) is 0 Å². The first-order chi connectivity index (χ1) is 7.77. The first-order valence-electron chi connectivity index (χ1n) is 6.76. The predicted molar refractivity (Wildman–Crippen MR) is 68.7 cm³/mol. The molecular weight excluding hydrogens is 200 g/mol. The molecule has 1 saturated carbocycles. The number of nitrogens with one attached hydrogen (secondary N) is 1. The van der Waals surface area contributed by atoms with Gasteiger partial charge >= 0.3 is 0 Å². The Kier molecular flexibility index (Phi) is 7.01. The molecule has 1 fully saturated rings. The number of nitrogens with zero attached hydrogens (tertiary/aromatic N) is 1. The normalized spacial score (nSPS) is 26.2. The third kappa shape index (κ3) is 4.81. The molecule has 3 nitrogen and oxygen atoms in total. The molecule has 0 heterocycles. The van der Waals surface area contributed by atoms with E-state index in [2.05, 4.69) is 24.3 Å². The third-order valence-corrected chi connectivity index (χ3v) is 3.90. The lowest BCUT2D eigenvalue weighted by Gasteiger charge is -2.34. The molecule has 0 bridgehead atoms. The minimum Gasteiger partial charge on any atom is -0.396 e. The molecule has 1 aliphatic rings. The van der Waals surface area contributed by atoms with Crippen molar-refractivity contribution in [1.82, 2.24) is 10.2 Å². The Morgan fingerprint density at radius 1 is 1.12 bits per heavy atom. The molecule has 0 saturated heterocycles. The van der Waals surface area contributed by atoms with Gasteiger partial charge in [-0.1, -0.05) is 0 Å². The molecule has 0 spiro atoms. The quantitative estimate of drug-likeness (QED) is 0.650. The Labute approximate surface area is 100 Å². The number of hydrogen-bond donors (Lipinski definition) is 2. The van der Waals surface area contributed by atoms with Crippen molar-refractivity contribution in [2.45, 2.75) is 57.0 Å². The van der Waals surface area contributed by atoms with Crippen molar-refractivity contribution in [2.75, 3.05) is 27.2 Å². The van der Waals surface area contributed by atoms with Gasteiger partial charge < -0.3 is 15.3 Å². The van der Waals surface area contributed by atoms with E-state index in [9.17, 15) is 0 Å². The Hall–Kier alpha value is -0.120. The van der Waals surface area contributed by atoms with E-state index < -0.39 is 0 Å². The maximum Gasteiger partial charge on any atom is 0.0431 e. The van der Waals surface area contributed by atoms with E-state index >= 15 is 0 Å². The molecule has 16 heavy (non-hydrogen) atoms. The fourth-order valence-corrected chi connectivity index (χ4v) is 2.64. The fraction of sp³-hybridized carbons (Fsp3) is 1.00. The molecule has 0 aromatic rings. The van der Waals surface area contributed by atoms with E-state index in [1.807, 2.05) is 0 Å². The van der Waals surface area contributed by atoms with Gasteiger partial charge in [-0.3, -0.25) is 0 Å². The van der Waals surface area contributed by atoms with Crippen LogP contribution in [0.3, 0.4) is 0 Å². The highest BCUT2D eigenvalue weighted by Gasteiger charge is 2.22. The van der Waals surface area contributed by atoms with Crippen molar-refractivity contribution >= 4 is 0 Å². The van der Waals surface area contributed by atoms with Crippen molar-refractivity contribution in [3.63, 3.8) is 0 Å². The van der Waals surface area contributed by atoms with Crippen molar-refractivity contribution in [1.29, 1.82) is 0 Å². The van der Waals surface area contributed by atoms with Crippen LogP contribution in [0.15, 0.2) is 0 Å². The van der Waals surface area contributed by atoms with Crippen LogP contribution >= 0.6 is 0 Å². The summed E-state index contributed by atoms with van der Waals surface area (Å²) < 4.78 is 0. The van der Waals surface area contributed by atoms with Crippen LogP contribution in [0, 0.1) is 0 Å². The molecule has 3 heteroatoms. The molecule has 0 aromatic heterocycles. The van der Waals surface area contributed by atoms with E-state index in [-0.39, 0.29) is 0 Å². The Bertz CT molecular complexity index is 167. The molecule has 0 aliphatic heterocycles. The first kappa shape index (κ1) is 13.9. The van der Waals surface area contributed by atoms with Crippen LogP contribution in [0.5, 0.6) is 0 Å². The standard InChI is InChI=1S/C13H28N2O/c1-14-12-6-8-13(9-7-12)15(2)10-4-3-5-11-16/h12-14,16H,3-11H2,1-2H3. The van der Waals surface area contributed by atoms with Crippen LogP contribution in [0.1, 0.15) is 44.9 Å². The monoisotopic (exact) mass is 228 g/mol. The van der Waals surface area contributed by atoms with Crippen molar-refractivity contribution in [3.8, 4) is 0 Å². The minimum absolute atomic E-state index is 0.344. The van der Waals surface area contributed by atoms with E-state index in [0.29, 0.717) is 6.61 Å². The van der Waals surface area contributed by atoms with Gasteiger partial charge in [0.05, 0.1) is 0 Å². The first-order valence-corrected chi connectivity index (χ1v) is 6.76. The van der Waals surface area contributed by atoms with Crippen LogP contribution in [0.2, 0.25) is 0 Å². The topological polar surface area (TPSA) is 35.5 Å². The van der Waals surface area contributed by atoms with Gasteiger partial charge in [0, 0.05) is 18.7 Å². The van der Waals surface area contributed by atoms with E-state index in [4.69, 9.17) is 5.11 Å². The van der Waals surface area contributed by atoms with E-state index in [1.165, 1.54) is 38.6 Å². The highest BCUT2D eigenvalue weighted by atomic mass is 16.2. The smallest absolute Gasteiger partial charge is 0.0431 e. The summed E-state index contributed by atoms with van der Waals surface area (Å²) in [6.07, 6.45) is 8.66. The van der Waals surface area contributed by atoms with Gasteiger partial charge in [0.2, 0.25) is 0 Å². The van der Waals surface area contributed by atoms with Gasteiger partial charge in [-0.2, -0.15) is 0 Å². The molecule has 0 radical (unpaired) electrons. The van der Waals surface area contributed by atoms with Crippen molar-refractivity contribution in [3.05, 3.63) is 0 Å². The zero-order valence-corrected chi connectivity index (χ0v) is 10.9. The second-order valence-electron chi connectivity index (χ2n) is 5.06. The SMILES string of the molecule is CNC1CCC(N(C)CCCCCO)CC1. The molecule has 96 valence electrons. The van der Waals surface area contributed by atoms with Gasteiger partial charge in [-0.15, -0.1) is 0 Å². The third-order valence-electron chi connectivity index (χ3n) is 3.90. The summed E-state index contributed by atoms with van der Waals surface area (Å²) in [4.78, 5) is 2.52. The molecule has 0 atom stereocenters. The maximum absolute atomic E-state index is 8.72. The summed E-state index contributed by atoms with van der Waals surface area (Å²) in [6.45, 7) is 1.53. The molecule has 0 aromatic carbocycles. The van der Waals surface area contributed by atoms with Gasteiger partial charge in [-0.25, -0.2) is 0 Å². The van der Waals surface area contributed by atoms with Crippen LogP contribution < -0.4 is 5.32 Å². The summed E-state index contributed by atoms with van der Waals surface area (Å²) in [5.74, 6) is 0. The van der Waals surface area contributed by atoms with E-state index in [0.717, 1.165) is 24.9 Å². The Morgan fingerprint density at radius 2 is 1.81 bits per heavy atom. The number of aliphatic hydroxyl groups is 1. The summed E-state index contributed by atoms with van der Waals surface area (Å²) in [6, 6.07) is 1.54. The van der Waals surface area contributed by atoms with Crippen LogP contribution in [0.25, 0.3) is 0 Å². The average Bonchev–Trinajstić information content (AvgIpc) is 2.34. The largest absolute Gasteiger partial charge is 0.396 e. The second kappa shape index (κ2) is 8.04. The lowest BCUT2D eigenvalue weighted by atomic mass is 9.90. The maximum atomic E-state index is 8.72. The molecule has 1 rings (SSSR count). The Morgan fingerprint density at radius 3 is 2.38 bits per heavy atom. The van der Waals surface area contributed by atoms with Crippen LogP contribution in [0.4, 0.5) is 0 Å². The summed E-state index contributed by atoms with van der Waals surface area (Å²) in [5, 5.41) is 12.1. The van der Waals surface area contributed by atoms with Gasteiger partial charge in [0.1, 0.15) is 0 Å². The minimum atomic E-state index is 0.344. The summed E-state index contributed by atoms with van der Waals surface area (Å²) in [5.41, 5.74) is 0. The lowest BCUT2D eigenvalue weighted by molar-refractivity contribution is 0.172. The molecular formula is C13H28N2O. The van der Waals surface area contributed by atoms with Crippen molar-refractivity contribution in [2.24, 2.45) is 0 Å². The molecule has 0 amide bonds. The highest BCUT2D eigenvalue weighted by Crippen LogP contribution is 2.22. The van der Waals surface area contributed by atoms with Crippen molar-refractivity contribution < 1.29 is 5.11 Å².